The second-order valence-corrected chi connectivity index (χ2v) is 5.87. The van der Waals surface area contributed by atoms with Gasteiger partial charge in [0.05, 0.1) is 5.56 Å². The molecule has 2 heterocycles. The van der Waals surface area contributed by atoms with Crippen LogP contribution in [0.4, 0.5) is 0 Å². The van der Waals surface area contributed by atoms with Crippen LogP contribution in [-0.2, 0) is 10.3 Å². The van der Waals surface area contributed by atoms with Crippen LogP contribution in [0.3, 0.4) is 0 Å². The summed E-state index contributed by atoms with van der Waals surface area (Å²) in [6.07, 6.45) is 5.27. The van der Waals surface area contributed by atoms with E-state index < -0.39 is 5.60 Å². The van der Waals surface area contributed by atoms with Gasteiger partial charge in [-0.05, 0) is 24.3 Å². The quantitative estimate of drug-likeness (QED) is 0.865. The van der Waals surface area contributed by atoms with Crippen molar-refractivity contribution < 1.29 is 9.26 Å². The van der Waals surface area contributed by atoms with Crippen molar-refractivity contribution in [1.82, 2.24) is 10.1 Å². The van der Waals surface area contributed by atoms with Crippen LogP contribution in [0.15, 0.2) is 16.0 Å². The first-order valence-corrected chi connectivity index (χ1v) is 7.54. The minimum atomic E-state index is -0.427. The highest BCUT2D eigenvalue weighted by molar-refractivity contribution is 7.13. The number of rotatable bonds is 3. The summed E-state index contributed by atoms with van der Waals surface area (Å²) in [4.78, 5) is 5.21. The summed E-state index contributed by atoms with van der Waals surface area (Å²) in [5.41, 5.74) is 0.143. The van der Waals surface area contributed by atoms with Gasteiger partial charge in [0.15, 0.2) is 0 Å². The highest BCUT2D eigenvalue weighted by Crippen LogP contribution is 2.39. The molecule has 0 spiro atoms. The Morgan fingerprint density at radius 1 is 1.40 bits per heavy atom. The standard InChI is InChI=1S/C14H15N3O2S/c1-18-14(6-3-2-4-7-14)13-16-12(19-17-13)11-10(9-15)5-8-20-11/h5,8H,2-4,6-7H2,1H3. The largest absolute Gasteiger partial charge is 0.370 e. The van der Waals surface area contributed by atoms with Crippen LogP contribution in [0.5, 0.6) is 0 Å². The summed E-state index contributed by atoms with van der Waals surface area (Å²) < 4.78 is 11.1. The molecule has 2 aromatic rings. The Morgan fingerprint density at radius 2 is 2.20 bits per heavy atom. The van der Waals surface area contributed by atoms with Crippen LogP contribution in [-0.4, -0.2) is 17.3 Å². The Hall–Kier alpha value is -1.71. The minimum Gasteiger partial charge on any atom is -0.370 e. The van der Waals surface area contributed by atoms with E-state index >= 15 is 0 Å². The van der Waals surface area contributed by atoms with Gasteiger partial charge in [0.2, 0.25) is 5.82 Å². The molecule has 0 N–H and O–H groups in total. The molecule has 0 radical (unpaired) electrons. The summed E-state index contributed by atoms with van der Waals surface area (Å²) in [7, 11) is 1.70. The Morgan fingerprint density at radius 3 is 2.90 bits per heavy atom. The SMILES string of the molecule is COC1(c2noc(-c3sccc3C#N)n2)CCCCC1. The maximum absolute atomic E-state index is 9.06. The van der Waals surface area contributed by atoms with Gasteiger partial charge in [0.25, 0.3) is 5.89 Å². The van der Waals surface area contributed by atoms with Gasteiger partial charge >= 0.3 is 0 Å². The van der Waals surface area contributed by atoms with E-state index in [4.69, 9.17) is 14.5 Å². The molecule has 1 fully saturated rings. The summed E-state index contributed by atoms with van der Waals surface area (Å²) in [6, 6.07) is 3.90. The van der Waals surface area contributed by atoms with Crippen molar-refractivity contribution in [3.8, 4) is 16.8 Å². The molecule has 1 aliphatic carbocycles. The molecule has 104 valence electrons. The molecule has 0 aliphatic heterocycles. The molecule has 0 unspecified atom stereocenters. The van der Waals surface area contributed by atoms with E-state index in [-0.39, 0.29) is 0 Å². The molecule has 0 atom stereocenters. The van der Waals surface area contributed by atoms with Crippen molar-refractivity contribution in [3.05, 3.63) is 22.8 Å². The van der Waals surface area contributed by atoms with Gasteiger partial charge < -0.3 is 9.26 Å². The number of aromatic nitrogens is 2. The van der Waals surface area contributed by atoms with E-state index in [1.54, 1.807) is 13.2 Å². The van der Waals surface area contributed by atoms with Crippen molar-refractivity contribution in [1.29, 1.82) is 5.26 Å². The lowest BCUT2D eigenvalue weighted by atomic mass is 9.84. The molecule has 5 nitrogen and oxygen atoms in total. The first-order valence-electron chi connectivity index (χ1n) is 6.66. The van der Waals surface area contributed by atoms with E-state index in [0.29, 0.717) is 17.3 Å². The Kier molecular flexibility index (Phi) is 3.55. The highest BCUT2D eigenvalue weighted by atomic mass is 32.1. The summed E-state index contributed by atoms with van der Waals surface area (Å²) in [5.74, 6) is 1.01. The third-order valence-corrected chi connectivity index (χ3v) is 4.77. The minimum absolute atomic E-state index is 0.411. The third kappa shape index (κ3) is 2.13. The second kappa shape index (κ2) is 5.35. The van der Waals surface area contributed by atoms with Gasteiger partial charge in [-0.2, -0.15) is 10.2 Å². The lowest BCUT2D eigenvalue weighted by Crippen LogP contribution is -2.32. The van der Waals surface area contributed by atoms with Crippen LogP contribution >= 0.6 is 11.3 Å². The van der Waals surface area contributed by atoms with Crippen LogP contribution in [0.1, 0.15) is 43.5 Å². The molecule has 0 amide bonds. The van der Waals surface area contributed by atoms with Gasteiger partial charge in [-0.25, -0.2) is 0 Å². The number of methoxy groups -OCH3 is 1. The van der Waals surface area contributed by atoms with E-state index in [2.05, 4.69) is 16.2 Å². The zero-order valence-corrected chi connectivity index (χ0v) is 12.1. The molecule has 1 saturated carbocycles. The number of nitrogens with zero attached hydrogens (tertiary/aromatic N) is 3. The smallest absolute Gasteiger partial charge is 0.269 e. The Bertz CT molecular complexity index is 635. The number of hydrogen-bond donors (Lipinski definition) is 0. The number of thiophene rings is 1. The molecule has 2 aromatic heterocycles. The zero-order chi connectivity index (χ0) is 14.0. The predicted molar refractivity (Wildman–Crippen MR) is 74.1 cm³/mol. The summed E-state index contributed by atoms with van der Waals surface area (Å²) in [5, 5.41) is 15.0. The first kappa shape index (κ1) is 13.3. The number of hydrogen-bond acceptors (Lipinski definition) is 6. The van der Waals surface area contributed by atoms with Crippen LogP contribution < -0.4 is 0 Å². The van der Waals surface area contributed by atoms with Gasteiger partial charge in [-0.15, -0.1) is 11.3 Å². The Balaban J connectivity index is 1.96. The third-order valence-electron chi connectivity index (χ3n) is 3.87. The monoisotopic (exact) mass is 289 g/mol. The first-order chi connectivity index (χ1) is 9.79. The highest BCUT2D eigenvalue weighted by Gasteiger charge is 2.38. The number of nitriles is 1. The molecular formula is C14H15N3O2S. The topological polar surface area (TPSA) is 71.9 Å². The van der Waals surface area contributed by atoms with Gasteiger partial charge in [-0.3, -0.25) is 0 Å². The van der Waals surface area contributed by atoms with Crippen molar-refractivity contribution in [2.45, 2.75) is 37.7 Å². The van der Waals surface area contributed by atoms with Crippen LogP contribution in [0.25, 0.3) is 10.8 Å². The van der Waals surface area contributed by atoms with Crippen LogP contribution in [0.2, 0.25) is 0 Å². The maximum Gasteiger partial charge on any atom is 0.269 e. The Labute approximate surface area is 121 Å². The molecule has 0 bridgehead atoms. The van der Waals surface area contributed by atoms with Crippen molar-refractivity contribution in [3.63, 3.8) is 0 Å². The van der Waals surface area contributed by atoms with E-state index in [0.717, 1.165) is 30.6 Å². The van der Waals surface area contributed by atoms with Gasteiger partial charge in [0.1, 0.15) is 16.5 Å². The fourth-order valence-corrected chi connectivity index (χ4v) is 3.47. The van der Waals surface area contributed by atoms with E-state index in [1.807, 2.05) is 5.38 Å². The van der Waals surface area contributed by atoms with Gasteiger partial charge in [0, 0.05) is 7.11 Å². The summed E-state index contributed by atoms with van der Waals surface area (Å²) >= 11 is 1.43. The average molecular weight is 289 g/mol. The number of ether oxygens (including phenoxy) is 1. The summed E-state index contributed by atoms with van der Waals surface area (Å²) in [6.45, 7) is 0. The fraction of sp³-hybridized carbons (Fsp3) is 0.500. The molecular weight excluding hydrogens is 274 g/mol. The normalized spacial score (nSPS) is 17.8. The molecule has 1 aliphatic rings. The van der Waals surface area contributed by atoms with E-state index in [1.165, 1.54) is 17.8 Å². The molecule has 0 aromatic carbocycles. The van der Waals surface area contributed by atoms with Gasteiger partial charge in [-0.1, -0.05) is 24.4 Å². The molecule has 0 saturated heterocycles. The fourth-order valence-electron chi connectivity index (χ4n) is 2.71. The average Bonchev–Trinajstić information content (AvgIpc) is 3.16. The van der Waals surface area contributed by atoms with Crippen molar-refractivity contribution >= 4 is 11.3 Å². The van der Waals surface area contributed by atoms with Crippen LogP contribution in [0, 0.1) is 11.3 Å². The molecule has 6 heteroatoms. The second-order valence-electron chi connectivity index (χ2n) is 4.96. The lowest BCUT2D eigenvalue weighted by molar-refractivity contribution is -0.0527. The van der Waals surface area contributed by atoms with Crippen molar-refractivity contribution in [2.75, 3.05) is 7.11 Å². The van der Waals surface area contributed by atoms with E-state index in [9.17, 15) is 0 Å². The zero-order valence-electron chi connectivity index (χ0n) is 11.3. The lowest BCUT2D eigenvalue weighted by Gasteiger charge is -2.32. The molecule has 20 heavy (non-hydrogen) atoms. The predicted octanol–water partition coefficient (Wildman–Crippen LogP) is 3.48. The molecule has 3 rings (SSSR count). The van der Waals surface area contributed by atoms with Crippen molar-refractivity contribution in [2.24, 2.45) is 0 Å². The maximum atomic E-state index is 9.06.